The molecule has 0 amide bonds. The van der Waals surface area contributed by atoms with Gasteiger partial charge in [0.25, 0.3) is 0 Å². The summed E-state index contributed by atoms with van der Waals surface area (Å²) in [6.07, 6.45) is 5.16. The lowest BCUT2D eigenvalue weighted by Gasteiger charge is -2.22. The van der Waals surface area contributed by atoms with E-state index in [4.69, 9.17) is 4.74 Å². The zero-order chi connectivity index (χ0) is 17.5. The SMILES string of the molecule is CCOC(=O)CCC(=O)c1nc(C2CCCCC2)cc(C#N)c1O. The summed E-state index contributed by atoms with van der Waals surface area (Å²) >= 11 is 0. The molecule has 1 heterocycles. The first-order valence-corrected chi connectivity index (χ1v) is 8.39. The number of pyridine rings is 1. The molecule has 0 radical (unpaired) electrons. The molecule has 2 rings (SSSR count). The van der Waals surface area contributed by atoms with E-state index in [9.17, 15) is 20.0 Å². The van der Waals surface area contributed by atoms with Crippen molar-refractivity contribution in [1.29, 1.82) is 5.26 Å². The monoisotopic (exact) mass is 330 g/mol. The van der Waals surface area contributed by atoms with Crippen molar-refractivity contribution in [3.05, 3.63) is 23.0 Å². The number of nitrogens with zero attached hydrogens (tertiary/aromatic N) is 2. The van der Waals surface area contributed by atoms with Crippen molar-refractivity contribution in [2.24, 2.45) is 0 Å². The lowest BCUT2D eigenvalue weighted by atomic mass is 9.86. The van der Waals surface area contributed by atoms with Gasteiger partial charge in [-0.05, 0) is 25.8 Å². The highest BCUT2D eigenvalue weighted by molar-refractivity contribution is 5.98. The molecule has 1 aromatic rings. The minimum atomic E-state index is -0.464. The van der Waals surface area contributed by atoms with Crippen molar-refractivity contribution < 1.29 is 19.4 Å². The Kier molecular flexibility index (Phi) is 6.30. The molecular formula is C18H22N2O4. The summed E-state index contributed by atoms with van der Waals surface area (Å²) in [5.41, 5.74) is 0.632. The molecule has 1 aromatic heterocycles. The van der Waals surface area contributed by atoms with Crippen LogP contribution < -0.4 is 0 Å². The fourth-order valence-electron chi connectivity index (χ4n) is 3.01. The molecule has 0 saturated heterocycles. The van der Waals surface area contributed by atoms with Gasteiger partial charge in [-0.3, -0.25) is 9.59 Å². The molecule has 1 N–H and O–H groups in total. The summed E-state index contributed by atoms with van der Waals surface area (Å²) in [7, 11) is 0. The number of carbonyl (C=O) groups is 2. The number of ketones is 1. The van der Waals surface area contributed by atoms with E-state index in [-0.39, 0.29) is 36.6 Å². The van der Waals surface area contributed by atoms with Crippen LogP contribution in [0.5, 0.6) is 5.75 Å². The van der Waals surface area contributed by atoms with Crippen molar-refractivity contribution in [2.75, 3.05) is 6.61 Å². The molecule has 6 nitrogen and oxygen atoms in total. The number of nitriles is 1. The summed E-state index contributed by atoms with van der Waals surface area (Å²) < 4.78 is 4.80. The van der Waals surface area contributed by atoms with Gasteiger partial charge < -0.3 is 9.84 Å². The Hall–Kier alpha value is -2.42. The van der Waals surface area contributed by atoms with E-state index in [0.29, 0.717) is 5.69 Å². The Labute approximate surface area is 141 Å². The van der Waals surface area contributed by atoms with E-state index in [1.807, 2.05) is 6.07 Å². The maximum atomic E-state index is 12.3. The van der Waals surface area contributed by atoms with Crippen LogP contribution in [0, 0.1) is 11.3 Å². The number of esters is 1. The smallest absolute Gasteiger partial charge is 0.306 e. The van der Waals surface area contributed by atoms with E-state index in [2.05, 4.69) is 4.98 Å². The lowest BCUT2D eigenvalue weighted by Crippen LogP contribution is -2.13. The van der Waals surface area contributed by atoms with Gasteiger partial charge in [0.1, 0.15) is 11.8 Å². The van der Waals surface area contributed by atoms with Gasteiger partial charge in [-0.15, -0.1) is 0 Å². The number of carbonyl (C=O) groups excluding carboxylic acids is 2. The van der Waals surface area contributed by atoms with Gasteiger partial charge in [0, 0.05) is 18.0 Å². The van der Waals surface area contributed by atoms with Gasteiger partial charge >= 0.3 is 5.97 Å². The number of rotatable bonds is 6. The molecule has 24 heavy (non-hydrogen) atoms. The summed E-state index contributed by atoms with van der Waals surface area (Å²) in [4.78, 5) is 28.1. The van der Waals surface area contributed by atoms with Crippen molar-refractivity contribution in [3.8, 4) is 11.8 Å². The second-order valence-corrected chi connectivity index (χ2v) is 5.97. The number of Topliss-reactive ketones (excluding diaryl/α,β-unsaturated/α-hetero) is 1. The molecule has 128 valence electrons. The molecule has 6 heteroatoms. The molecule has 0 spiro atoms. The number of hydrogen-bond acceptors (Lipinski definition) is 6. The lowest BCUT2D eigenvalue weighted by molar-refractivity contribution is -0.143. The fraction of sp³-hybridized carbons (Fsp3) is 0.556. The first kappa shape index (κ1) is 17.9. The highest BCUT2D eigenvalue weighted by Gasteiger charge is 2.23. The number of ether oxygens (including phenoxy) is 1. The van der Waals surface area contributed by atoms with Gasteiger partial charge in [0.2, 0.25) is 0 Å². The second-order valence-electron chi connectivity index (χ2n) is 5.97. The predicted octanol–water partition coefficient (Wildman–Crippen LogP) is 3.23. The third-order valence-corrected chi connectivity index (χ3v) is 4.28. The summed E-state index contributed by atoms with van der Waals surface area (Å²) in [5, 5.41) is 19.3. The zero-order valence-electron chi connectivity index (χ0n) is 13.9. The molecule has 1 aliphatic rings. The standard InChI is InChI=1S/C18H22N2O4/c1-2-24-16(22)9-8-15(21)17-18(23)13(11-19)10-14(20-17)12-6-4-3-5-7-12/h10,12,23H,2-9H2,1H3. The van der Waals surface area contributed by atoms with Gasteiger partial charge in [0.15, 0.2) is 11.5 Å². The van der Waals surface area contributed by atoms with Crippen molar-refractivity contribution in [3.63, 3.8) is 0 Å². The van der Waals surface area contributed by atoms with Crippen LogP contribution in [0.15, 0.2) is 6.07 Å². The van der Waals surface area contributed by atoms with E-state index in [0.717, 1.165) is 25.7 Å². The predicted molar refractivity (Wildman–Crippen MR) is 86.6 cm³/mol. The van der Waals surface area contributed by atoms with Crippen LogP contribution in [0.25, 0.3) is 0 Å². The van der Waals surface area contributed by atoms with Crippen LogP contribution in [0.4, 0.5) is 0 Å². The molecule has 0 aliphatic heterocycles. The van der Waals surface area contributed by atoms with E-state index in [1.165, 1.54) is 6.42 Å². The Morgan fingerprint density at radius 1 is 1.33 bits per heavy atom. The maximum Gasteiger partial charge on any atom is 0.306 e. The Bertz CT molecular complexity index is 658. The minimum absolute atomic E-state index is 0.0602. The first-order valence-electron chi connectivity index (χ1n) is 8.39. The zero-order valence-corrected chi connectivity index (χ0v) is 13.9. The highest BCUT2D eigenvalue weighted by Crippen LogP contribution is 2.34. The highest BCUT2D eigenvalue weighted by atomic mass is 16.5. The van der Waals surface area contributed by atoms with Crippen molar-refractivity contribution in [2.45, 2.75) is 57.8 Å². The normalized spacial score (nSPS) is 14.8. The molecule has 1 fully saturated rings. The molecule has 1 aliphatic carbocycles. The topological polar surface area (TPSA) is 100 Å². The second kappa shape index (κ2) is 8.44. The van der Waals surface area contributed by atoms with Gasteiger partial charge in [-0.25, -0.2) is 4.98 Å². The molecule has 0 aromatic carbocycles. The molecular weight excluding hydrogens is 308 g/mol. The third-order valence-electron chi connectivity index (χ3n) is 4.28. The average molecular weight is 330 g/mol. The minimum Gasteiger partial charge on any atom is -0.504 e. The van der Waals surface area contributed by atoms with Crippen LogP contribution in [0.3, 0.4) is 0 Å². The largest absolute Gasteiger partial charge is 0.504 e. The summed E-state index contributed by atoms with van der Waals surface area (Å²) in [6.45, 7) is 1.95. The molecule has 0 atom stereocenters. The number of aromatic hydroxyl groups is 1. The van der Waals surface area contributed by atoms with Gasteiger partial charge in [0.05, 0.1) is 18.6 Å². The molecule has 0 unspecified atom stereocenters. The fourth-order valence-corrected chi connectivity index (χ4v) is 3.01. The summed E-state index contributed by atoms with van der Waals surface area (Å²) in [6, 6.07) is 3.50. The van der Waals surface area contributed by atoms with E-state index < -0.39 is 17.5 Å². The quantitative estimate of drug-likeness (QED) is 0.635. The van der Waals surface area contributed by atoms with Crippen molar-refractivity contribution in [1.82, 2.24) is 4.98 Å². The Balaban J connectivity index is 2.22. The van der Waals surface area contributed by atoms with Crippen LogP contribution >= 0.6 is 0 Å². The first-order chi connectivity index (χ1) is 11.6. The van der Waals surface area contributed by atoms with Crippen LogP contribution in [0.2, 0.25) is 0 Å². The Morgan fingerprint density at radius 3 is 2.67 bits per heavy atom. The van der Waals surface area contributed by atoms with E-state index >= 15 is 0 Å². The summed E-state index contributed by atoms with van der Waals surface area (Å²) in [5.74, 6) is -1.10. The Morgan fingerprint density at radius 2 is 2.04 bits per heavy atom. The van der Waals surface area contributed by atoms with Crippen LogP contribution in [-0.4, -0.2) is 28.4 Å². The van der Waals surface area contributed by atoms with Gasteiger partial charge in [-0.2, -0.15) is 5.26 Å². The van der Waals surface area contributed by atoms with Gasteiger partial charge in [-0.1, -0.05) is 19.3 Å². The number of aromatic nitrogens is 1. The maximum absolute atomic E-state index is 12.3. The average Bonchev–Trinajstić information content (AvgIpc) is 2.61. The number of hydrogen-bond donors (Lipinski definition) is 1. The van der Waals surface area contributed by atoms with Crippen LogP contribution in [0.1, 0.15) is 79.5 Å². The van der Waals surface area contributed by atoms with Crippen LogP contribution in [-0.2, 0) is 9.53 Å². The van der Waals surface area contributed by atoms with Crippen molar-refractivity contribution >= 4 is 11.8 Å². The van der Waals surface area contributed by atoms with E-state index in [1.54, 1.807) is 13.0 Å². The third kappa shape index (κ3) is 4.31. The molecule has 0 bridgehead atoms. The molecule has 1 saturated carbocycles.